The third-order valence-corrected chi connectivity index (χ3v) is 7.65. The van der Waals surface area contributed by atoms with Crippen molar-refractivity contribution < 1.29 is 33.7 Å². The van der Waals surface area contributed by atoms with Crippen LogP contribution in [-0.2, 0) is 23.8 Å². The number of ether oxygens (including phenoxy) is 3. The van der Waals surface area contributed by atoms with Crippen molar-refractivity contribution in [3.63, 3.8) is 0 Å². The Bertz CT molecular complexity index is 889. The van der Waals surface area contributed by atoms with Gasteiger partial charge >= 0.3 is 6.09 Å². The Labute approximate surface area is 190 Å². The first-order valence-corrected chi connectivity index (χ1v) is 11.9. The van der Waals surface area contributed by atoms with E-state index in [4.69, 9.17) is 25.1 Å². The van der Waals surface area contributed by atoms with Crippen LogP contribution in [0.2, 0.25) is 0 Å². The molecule has 4 atom stereocenters. The monoisotopic (exact) mass is 467 g/mol. The highest BCUT2D eigenvalue weighted by Gasteiger charge is 2.72. The van der Waals surface area contributed by atoms with Gasteiger partial charge in [-0.05, 0) is 31.3 Å². The number of primary amides is 1. The smallest absolute Gasteiger partial charge is 0.404 e. The molecule has 0 radical (unpaired) electrons. The van der Waals surface area contributed by atoms with Gasteiger partial charge in [0.1, 0.15) is 6.61 Å². The average molecular weight is 468 g/mol. The molecule has 1 amide bonds. The molecule has 32 heavy (non-hydrogen) atoms. The number of carbonyl (C=O) groups excluding carboxylic acids is 3. The van der Waals surface area contributed by atoms with Gasteiger partial charge in [0.25, 0.3) is 0 Å². The SMILES string of the molecule is CO[C@@]12C(COC(N)=O)C3=C(C(=O)C(C)=C(OCCCSCCCO)C3=O)N1CC1NC12. The van der Waals surface area contributed by atoms with E-state index in [9.17, 15) is 14.4 Å². The third kappa shape index (κ3) is 3.60. The van der Waals surface area contributed by atoms with Gasteiger partial charge < -0.3 is 35.3 Å². The number of ketones is 2. The van der Waals surface area contributed by atoms with Gasteiger partial charge in [-0.2, -0.15) is 11.8 Å². The zero-order valence-electron chi connectivity index (χ0n) is 18.2. The Kier molecular flexibility index (Phi) is 6.53. The van der Waals surface area contributed by atoms with Crippen molar-refractivity contribution in [3.05, 3.63) is 22.6 Å². The summed E-state index contributed by atoms with van der Waals surface area (Å²) in [4.78, 5) is 40.1. The second-order valence-corrected chi connectivity index (χ2v) is 9.49. The number of nitrogens with one attached hydrogen (secondary N) is 1. The summed E-state index contributed by atoms with van der Waals surface area (Å²) in [5, 5.41) is 12.2. The number of allylic oxidation sites excluding steroid dienone is 2. The average Bonchev–Trinajstić information content (AvgIpc) is 3.38. The van der Waals surface area contributed by atoms with Crippen molar-refractivity contribution in [1.29, 1.82) is 0 Å². The first-order valence-electron chi connectivity index (χ1n) is 10.7. The van der Waals surface area contributed by atoms with Crippen molar-refractivity contribution in [2.45, 2.75) is 37.6 Å². The van der Waals surface area contributed by atoms with E-state index < -0.39 is 17.7 Å². The molecule has 2 saturated heterocycles. The molecule has 1 aliphatic carbocycles. The van der Waals surface area contributed by atoms with E-state index in [1.807, 2.05) is 4.90 Å². The minimum atomic E-state index is -0.991. The van der Waals surface area contributed by atoms with Gasteiger partial charge in [0.05, 0.1) is 24.3 Å². The predicted molar refractivity (Wildman–Crippen MR) is 116 cm³/mol. The largest absolute Gasteiger partial charge is 0.489 e. The predicted octanol–water partition coefficient (Wildman–Crippen LogP) is -0.0876. The number of hydrogen-bond donors (Lipinski definition) is 3. The molecule has 11 heteroatoms. The highest BCUT2D eigenvalue weighted by Crippen LogP contribution is 2.55. The van der Waals surface area contributed by atoms with E-state index in [0.717, 1.165) is 17.9 Å². The second kappa shape index (κ2) is 9.05. The van der Waals surface area contributed by atoms with Gasteiger partial charge in [-0.3, -0.25) is 9.59 Å². The molecule has 176 valence electrons. The number of fused-ring (bicyclic) bond motifs is 4. The molecule has 0 bridgehead atoms. The Morgan fingerprint density at radius 2 is 2.06 bits per heavy atom. The normalized spacial score (nSPS) is 30.5. The summed E-state index contributed by atoms with van der Waals surface area (Å²) >= 11 is 1.70. The van der Waals surface area contributed by atoms with Gasteiger partial charge in [0.2, 0.25) is 11.6 Å². The fourth-order valence-corrected chi connectivity index (χ4v) is 5.90. The van der Waals surface area contributed by atoms with Crippen LogP contribution < -0.4 is 11.1 Å². The number of hydrogen-bond acceptors (Lipinski definition) is 10. The first-order chi connectivity index (χ1) is 15.4. The minimum absolute atomic E-state index is 0.0471. The van der Waals surface area contributed by atoms with Gasteiger partial charge in [-0.25, -0.2) is 4.79 Å². The maximum absolute atomic E-state index is 13.5. The van der Waals surface area contributed by atoms with Crippen LogP contribution in [0.5, 0.6) is 0 Å². The molecule has 3 aliphatic heterocycles. The number of Topliss-reactive ketones (excluding diaryl/α,β-unsaturated/α-hetero) is 2. The first kappa shape index (κ1) is 23.1. The van der Waals surface area contributed by atoms with Crippen LogP contribution in [0.4, 0.5) is 4.79 Å². The van der Waals surface area contributed by atoms with Gasteiger partial charge in [0, 0.05) is 37.4 Å². The van der Waals surface area contributed by atoms with E-state index in [1.165, 1.54) is 7.11 Å². The summed E-state index contributed by atoms with van der Waals surface area (Å²) in [5.74, 6) is 0.427. The van der Waals surface area contributed by atoms with Crippen LogP contribution in [-0.4, -0.2) is 90.5 Å². The lowest BCUT2D eigenvalue weighted by molar-refractivity contribution is -0.137. The molecule has 0 aromatic heterocycles. The number of carbonyl (C=O) groups is 3. The number of nitrogens with two attached hydrogens (primary N) is 1. The molecule has 0 aromatic carbocycles. The number of thioether (sulfide) groups is 1. The molecule has 2 fully saturated rings. The van der Waals surface area contributed by atoms with Crippen molar-refractivity contribution in [1.82, 2.24) is 10.2 Å². The summed E-state index contributed by atoms with van der Waals surface area (Å²) < 4.78 is 16.8. The zero-order chi connectivity index (χ0) is 23.0. The van der Waals surface area contributed by atoms with Gasteiger partial charge in [-0.1, -0.05) is 0 Å². The molecule has 3 unspecified atom stereocenters. The molecule has 4 rings (SSSR count). The summed E-state index contributed by atoms with van der Waals surface area (Å²) in [6.45, 7) is 2.43. The number of rotatable bonds is 11. The Morgan fingerprint density at radius 3 is 2.75 bits per heavy atom. The van der Waals surface area contributed by atoms with E-state index in [-0.39, 0.29) is 53.8 Å². The third-order valence-electron chi connectivity index (χ3n) is 6.50. The number of aliphatic hydroxyl groups excluding tert-OH is 1. The number of nitrogens with zero attached hydrogens (tertiary/aromatic N) is 1. The summed E-state index contributed by atoms with van der Waals surface area (Å²) in [5.41, 5.74) is 5.06. The van der Waals surface area contributed by atoms with E-state index >= 15 is 0 Å². The summed E-state index contributed by atoms with van der Waals surface area (Å²) in [6.07, 6.45) is 0.491. The lowest BCUT2D eigenvalue weighted by Gasteiger charge is -2.39. The fraction of sp³-hybridized carbons (Fsp3) is 0.667. The molecule has 0 aromatic rings. The van der Waals surface area contributed by atoms with Crippen LogP contribution in [0.3, 0.4) is 0 Å². The topological polar surface area (TPSA) is 150 Å². The molecule has 10 nitrogen and oxygen atoms in total. The summed E-state index contributed by atoms with van der Waals surface area (Å²) in [7, 11) is 1.53. The molecular formula is C21H29N3O7S. The Morgan fingerprint density at radius 1 is 1.31 bits per heavy atom. The molecule has 0 spiro atoms. The van der Waals surface area contributed by atoms with Gasteiger partial charge in [0.15, 0.2) is 11.5 Å². The molecule has 3 heterocycles. The van der Waals surface area contributed by atoms with Gasteiger partial charge in [-0.15, -0.1) is 0 Å². The maximum Gasteiger partial charge on any atom is 0.404 e. The number of aliphatic hydroxyl groups is 1. The molecule has 4 N–H and O–H groups in total. The highest BCUT2D eigenvalue weighted by molar-refractivity contribution is 7.99. The number of amides is 1. The van der Waals surface area contributed by atoms with Crippen molar-refractivity contribution in [3.8, 4) is 0 Å². The van der Waals surface area contributed by atoms with Crippen LogP contribution in [0.15, 0.2) is 22.6 Å². The molecular weight excluding hydrogens is 438 g/mol. The van der Waals surface area contributed by atoms with Crippen LogP contribution >= 0.6 is 11.8 Å². The zero-order valence-corrected chi connectivity index (χ0v) is 19.0. The van der Waals surface area contributed by atoms with E-state index in [2.05, 4.69) is 5.32 Å². The van der Waals surface area contributed by atoms with Crippen LogP contribution in [0.25, 0.3) is 0 Å². The Balaban J connectivity index is 1.54. The minimum Gasteiger partial charge on any atom is -0.489 e. The lowest BCUT2D eigenvalue weighted by atomic mass is 9.83. The van der Waals surface area contributed by atoms with E-state index in [1.54, 1.807) is 18.7 Å². The number of piperazine rings is 1. The van der Waals surface area contributed by atoms with Crippen LogP contribution in [0.1, 0.15) is 19.8 Å². The van der Waals surface area contributed by atoms with Crippen LogP contribution in [0, 0.1) is 5.92 Å². The maximum atomic E-state index is 13.5. The standard InChI is InChI=1S/C21H29N3O7S/c1-11-16(26)15-14(17(27)18(11)30-6-4-8-32-7-3-5-25)12(10-31-20(22)28)21(29-2)19-13(23-19)9-24(15)21/h12-13,19,23,25H,3-10H2,1-2H3,(H2,22,28)/t12?,13?,19?,21-/m1/s1. The van der Waals surface area contributed by atoms with Crippen molar-refractivity contribution >= 4 is 29.4 Å². The highest BCUT2D eigenvalue weighted by atomic mass is 32.2. The quantitative estimate of drug-likeness (QED) is 0.214. The van der Waals surface area contributed by atoms with Crippen molar-refractivity contribution in [2.24, 2.45) is 11.7 Å². The molecule has 4 aliphatic rings. The second-order valence-electron chi connectivity index (χ2n) is 8.27. The Hall–Kier alpha value is -2.08. The van der Waals surface area contributed by atoms with Crippen molar-refractivity contribution in [2.75, 3.05) is 45.0 Å². The fourth-order valence-electron chi connectivity index (χ4n) is 5.05. The molecule has 0 saturated carbocycles. The number of methoxy groups -OCH3 is 1. The lowest BCUT2D eigenvalue weighted by Crippen LogP contribution is -2.55. The van der Waals surface area contributed by atoms with E-state index in [0.29, 0.717) is 25.3 Å². The summed E-state index contributed by atoms with van der Waals surface area (Å²) in [6, 6.07) is 0.0639.